The topological polar surface area (TPSA) is 122 Å². The number of amides is 1. The van der Waals surface area contributed by atoms with Gasteiger partial charge >= 0.3 is 12.3 Å². The monoisotopic (exact) mass is 536 g/mol. The third kappa shape index (κ3) is 8.33. The summed E-state index contributed by atoms with van der Waals surface area (Å²) in [6.45, 7) is 1.64. The van der Waals surface area contributed by atoms with E-state index in [1.807, 2.05) is 0 Å². The Labute approximate surface area is 211 Å². The maximum absolute atomic E-state index is 12.5. The lowest BCUT2D eigenvalue weighted by molar-refractivity contribution is -0.274. The zero-order chi connectivity index (χ0) is 27.2. The maximum atomic E-state index is 12.5. The van der Waals surface area contributed by atoms with Crippen molar-refractivity contribution in [3.63, 3.8) is 0 Å². The highest BCUT2D eigenvalue weighted by Crippen LogP contribution is 2.23. The summed E-state index contributed by atoms with van der Waals surface area (Å²) in [4.78, 5) is 23.4. The van der Waals surface area contributed by atoms with Crippen LogP contribution >= 0.6 is 0 Å². The Morgan fingerprint density at radius 3 is 2.16 bits per heavy atom. The first kappa shape index (κ1) is 27.7. The molecule has 0 unspecified atom stereocenters. The van der Waals surface area contributed by atoms with Crippen LogP contribution in [0.3, 0.4) is 0 Å². The van der Waals surface area contributed by atoms with E-state index >= 15 is 0 Å². The molecule has 0 saturated heterocycles. The Morgan fingerprint density at radius 1 is 0.946 bits per heavy atom. The molecule has 0 heterocycles. The Balaban J connectivity index is 1.50. The number of ether oxygens (including phenoxy) is 1. The van der Waals surface area contributed by atoms with Gasteiger partial charge in [-0.3, -0.25) is 4.79 Å². The van der Waals surface area contributed by atoms with Gasteiger partial charge in [-0.25, -0.2) is 17.9 Å². The van der Waals surface area contributed by atoms with E-state index in [-0.39, 0.29) is 35.1 Å². The van der Waals surface area contributed by atoms with E-state index in [1.165, 1.54) is 24.3 Å². The van der Waals surface area contributed by atoms with E-state index in [4.69, 9.17) is 0 Å². The third-order valence-electron chi connectivity index (χ3n) is 5.21. The Bertz CT molecular complexity index is 1370. The van der Waals surface area contributed by atoms with Crippen LogP contribution in [-0.2, 0) is 27.7 Å². The molecular weight excluding hydrogens is 513 g/mol. The number of carboxylic acid groups (broad SMARTS) is 1. The molecule has 0 aliphatic carbocycles. The van der Waals surface area contributed by atoms with E-state index in [2.05, 4.69) is 14.8 Å². The molecule has 3 aromatic rings. The van der Waals surface area contributed by atoms with Crippen molar-refractivity contribution in [3.05, 3.63) is 89.0 Å². The Morgan fingerprint density at radius 2 is 1.57 bits per heavy atom. The first-order chi connectivity index (χ1) is 17.3. The second-order valence-corrected chi connectivity index (χ2v) is 9.81. The highest BCUT2D eigenvalue weighted by molar-refractivity contribution is 7.89. The largest absolute Gasteiger partial charge is 0.573 e. The molecule has 0 bridgehead atoms. The second kappa shape index (κ2) is 11.4. The maximum Gasteiger partial charge on any atom is 0.573 e. The number of carbonyl (C=O) groups excluding carboxylic acids is 1. The molecule has 3 aromatic carbocycles. The van der Waals surface area contributed by atoms with Crippen LogP contribution in [0.1, 0.15) is 27.0 Å². The number of nitrogens with one attached hydrogen (secondary N) is 2. The van der Waals surface area contributed by atoms with E-state index in [9.17, 15) is 36.3 Å². The lowest BCUT2D eigenvalue weighted by atomic mass is 10.1. The molecule has 0 atom stereocenters. The van der Waals surface area contributed by atoms with Crippen LogP contribution in [0.5, 0.6) is 5.75 Å². The van der Waals surface area contributed by atoms with Crippen molar-refractivity contribution in [2.24, 2.45) is 0 Å². The highest BCUT2D eigenvalue weighted by Gasteiger charge is 2.31. The van der Waals surface area contributed by atoms with Gasteiger partial charge in [0.15, 0.2) is 0 Å². The summed E-state index contributed by atoms with van der Waals surface area (Å²) >= 11 is 0. The van der Waals surface area contributed by atoms with Crippen molar-refractivity contribution in [3.8, 4) is 5.75 Å². The predicted molar refractivity (Wildman–Crippen MR) is 129 cm³/mol. The van der Waals surface area contributed by atoms with Crippen molar-refractivity contribution in [1.82, 2.24) is 4.72 Å². The second-order valence-electron chi connectivity index (χ2n) is 8.04. The number of benzene rings is 3. The Hall–Kier alpha value is -3.90. The minimum absolute atomic E-state index is 0.0571. The number of carboxylic acids is 1. The van der Waals surface area contributed by atoms with E-state index < -0.39 is 22.4 Å². The summed E-state index contributed by atoms with van der Waals surface area (Å²) in [5.74, 6) is -1.96. The van der Waals surface area contributed by atoms with Gasteiger partial charge in [0.2, 0.25) is 15.9 Å². The van der Waals surface area contributed by atoms with Gasteiger partial charge < -0.3 is 15.2 Å². The summed E-state index contributed by atoms with van der Waals surface area (Å²) in [6.07, 6.45) is -4.50. The summed E-state index contributed by atoms with van der Waals surface area (Å²) in [6, 6.07) is 15.6. The zero-order valence-corrected chi connectivity index (χ0v) is 20.3. The van der Waals surface area contributed by atoms with Gasteiger partial charge in [0.25, 0.3) is 0 Å². The van der Waals surface area contributed by atoms with Crippen molar-refractivity contribution < 1.29 is 41.0 Å². The fraction of sp³-hybridized carbons (Fsp3) is 0.200. The number of sulfonamides is 1. The fourth-order valence-corrected chi connectivity index (χ4v) is 4.42. The smallest absolute Gasteiger partial charge is 0.478 e. The van der Waals surface area contributed by atoms with E-state index in [0.29, 0.717) is 23.2 Å². The average molecular weight is 537 g/mol. The normalized spacial score (nSPS) is 11.7. The van der Waals surface area contributed by atoms with Crippen LogP contribution in [0, 0.1) is 6.92 Å². The van der Waals surface area contributed by atoms with Crippen LogP contribution in [-0.4, -0.2) is 38.3 Å². The molecule has 0 aromatic heterocycles. The number of hydrogen-bond donors (Lipinski definition) is 3. The van der Waals surface area contributed by atoms with Crippen LogP contribution < -0.4 is 14.8 Å². The zero-order valence-electron chi connectivity index (χ0n) is 19.5. The van der Waals surface area contributed by atoms with Crippen molar-refractivity contribution >= 4 is 27.6 Å². The molecule has 0 saturated carbocycles. The van der Waals surface area contributed by atoms with Gasteiger partial charge in [0, 0.05) is 12.2 Å². The van der Waals surface area contributed by atoms with Crippen molar-refractivity contribution in [1.29, 1.82) is 0 Å². The molecule has 3 rings (SSSR count). The van der Waals surface area contributed by atoms with Gasteiger partial charge in [-0.05, 0) is 66.4 Å². The van der Waals surface area contributed by atoms with Crippen LogP contribution in [0.4, 0.5) is 18.9 Å². The molecule has 1 amide bonds. The number of halogens is 3. The van der Waals surface area contributed by atoms with Crippen LogP contribution in [0.25, 0.3) is 0 Å². The van der Waals surface area contributed by atoms with Gasteiger partial charge in [0.05, 0.1) is 16.9 Å². The van der Waals surface area contributed by atoms with Crippen LogP contribution in [0.15, 0.2) is 71.6 Å². The van der Waals surface area contributed by atoms with Crippen molar-refractivity contribution in [2.75, 3.05) is 11.9 Å². The predicted octanol–water partition coefficient (Wildman–Crippen LogP) is 4.29. The summed E-state index contributed by atoms with van der Waals surface area (Å²) in [5, 5.41) is 11.9. The number of rotatable bonds is 10. The van der Waals surface area contributed by atoms with Crippen molar-refractivity contribution in [2.45, 2.75) is 31.0 Å². The molecule has 8 nitrogen and oxygen atoms in total. The average Bonchev–Trinajstić information content (AvgIpc) is 2.80. The fourth-order valence-electron chi connectivity index (χ4n) is 3.37. The molecule has 196 valence electrons. The van der Waals surface area contributed by atoms with Gasteiger partial charge in [-0.2, -0.15) is 0 Å². The lowest BCUT2D eigenvalue weighted by Gasteiger charge is -2.10. The molecule has 0 radical (unpaired) electrons. The summed E-state index contributed by atoms with van der Waals surface area (Å²) in [7, 11) is -3.90. The number of hydrogen-bond acceptors (Lipinski definition) is 5. The lowest BCUT2D eigenvalue weighted by Crippen LogP contribution is -2.26. The van der Waals surface area contributed by atoms with Gasteiger partial charge in [0.1, 0.15) is 5.75 Å². The van der Waals surface area contributed by atoms with Crippen LogP contribution in [0.2, 0.25) is 0 Å². The van der Waals surface area contributed by atoms with Gasteiger partial charge in [-0.15, -0.1) is 13.2 Å². The van der Waals surface area contributed by atoms with Gasteiger partial charge in [-0.1, -0.05) is 30.3 Å². The third-order valence-corrected chi connectivity index (χ3v) is 6.67. The molecule has 0 aliphatic rings. The molecule has 0 spiro atoms. The number of aromatic carboxylic acids is 1. The Kier molecular flexibility index (Phi) is 8.56. The molecule has 0 fully saturated rings. The molecular formula is C25H23F3N2O6S. The SMILES string of the molecule is Cc1ccc(S(=O)(=O)NCCc2ccc(NC(=O)Cc3ccc(OC(F)(F)F)cc3)cc2)cc1C(=O)O. The molecule has 12 heteroatoms. The van der Waals surface area contributed by atoms with E-state index in [0.717, 1.165) is 23.8 Å². The summed E-state index contributed by atoms with van der Waals surface area (Å²) in [5.41, 5.74) is 2.14. The standard InChI is InChI=1S/C25H23F3N2O6S/c1-16-2-11-21(15-22(16)24(32)33)37(34,35)29-13-12-17-3-7-19(8-4-17)30-23(31)14-18-5-9-20(10-6-18)36-25(26,27)28/h2-11,15,29H,12-14H2,1H3,(H,30,31)(H,32,33). The molecule has 3 N–H and O–H groups in total. The van der Waals surface area contributed by atoms with E-state index in [1.54, 1.807) is 31.2 Å². The minimum Gasteiger partial charge on any atom is -0.478 e. The number of anilines is 1. The first-order valence-electron chi connectivity index (χ1n) is 10.9. The highest BCUT2D eigenvalue weighted by atomic mass is 32.2. The number of carbonyl (C=O) groups is 2. The minimum atomic E-state index is -4.79. The summed E-state index contributed by atoms with van der Waals surface area (Å²) < 4.78 is 67.9. The number of alkyl halides is 3. The molecule has 37 heavy (non-hydrogen) atoms. The number of aryl methyl sites for hydroxylation is 1. The molecule has 0 aliphatic heterocycles. The first-order valence-corrected chi connectivity index (χ1v) is 12.4. The quantitative estimate of drug-likeness (QED) is 0.355.